The Kier molecular flexibility index (Phi) is 6.39. The number of hydrogen-bond donors (Lipinski definition) is 2. The molecule has 2 aromatic rings. The molecule has 1 aliphatic rings. The van der Waals surface area contributed by atoms with Gasteiger partial charge in [0, 0.05) is 5.70 Å². The van der Waals surface area contributed by atoms with E-state index in [1.807, 2.05) is 6.07 Å². The maximum atomic E-state index is 13.2. The summed E-state index contributed by atoms with van der Waals surface area (Å²) in [4.78, 5) is 37.7. The second-order valence-electron chi connectivity index (χ2n) is 7.04. The summed E-state index contributed by atoms with van der Waals surface area (Å²) in [7, 11) is 0. The number of esters is 1. The number of nitrogens with one attached hydrogen (secondary N) is 1. The van der Waals surface area contributed by atoms with Gasteiger partial charge in [-0.3, -0.25) is 9.69 Å². The third-order valence-electron chi connectivity index (χ3n) is 4.86. The molecule has 1 unspecified atom stereocenters. The molecule has 3 rings (SSSR count). The van der Waals surface area contributed by atoms with Crippen LogP contribution in [0.2, 0.25) is 0 Å². The summed E-state index contributed by atoms with van der Waals surface area (Å²) in [6.45, 7) is 0.643. The lowest BCUT2D eigenvalue weighted by Gasteiger charge is -2.35. The van der Waals surface area contributed by atoms with Crippen molar-refractivity contribution in [1.82, 2.24) is 5.32 Å². The van der Waals surface area contributed by atoms with Gasteiger partial charge in [0.05, 0.1) is 34.5 Å². The fourth-order valence-electron chi connectivity index (χ4n) is 3.35. The van der Waals surface area contributed by atoms with Crippen molar-refractivity contribution in [2.45, 2.75) is 19.1 Å². The molecule has 0 fully saturated rings. The van der Waals surface area contributed by atoms with Crippen LogP contribution in [0.25, 0.3) is 0 Å². The van der Waals surface area contributed by atoms with E-state index in [-0.39, 0.29) is 17.0 Å². The van der Waals surface area contributed by atoms with E-state index in [4.69, 9.17) is 15.7 Å². The molecule has 2 aromatic carbocycles. The van der Waals surface area contributed by atoms with Crippen LogP contribution >= 0.6 is 0 Å². The van der Waals surface area contributed by atoms with E-state index in [0.29, 0.717) is 11.1 Å². The number of nitrogens with zero attached hydrogens (tertiary/aromatic N) is 2. The molecular formula is C22H17F3N4O4. The summed E-state index contributed by atoms with van der Waals surface area (Å²) in [6, 6.07) is 10.1. The van der Waals surface area contributed by atoms with E-state index in [2.05, 4.69) is 5.32 Å². The molecule has 1 aliphatic heterocycles. The first-order valence-electron chi connectivity index (χ1n) is 9.47. The Balaban J connectivity index is 2.12. The van der Waals surface area contributed by atoms with Gasteiger partial charge in [0.25, 0.3) is 5.91 Å². The average Bonchev–Trinajstić information content (AvgIpc) is 2.77. The number of hydrogen-bond acceptors (Lipinski definition) is 5. The van der Waals surface area contributed by atoms with Gasteiger partial charge in [0.15, 0.2) is 6.61 Å². The van der Waals surface area contributed by atoms with Gasteiger partial charge >= 0.3 is 18.2 Å². The number of anilines is 1. The molecule has 33 heavy (non-hydrogen) atoms. The number of nitriles is 1. The zero-order chi connectivity index (χ0) is 24.3. The highest BCUT2D eigenvalue weighted by atomic mass is 19.4. The van der Waals surface area contributed by atoms with Crippen LogP contribution in [-0.4, -0.2) is 24.5 Å². The predicted molar refractivity (Wildman–Crippen MR) is 109 cm³/mol. The number of urea groups is 1. The number of carbonyl (C=O) groups excluding carboxylic acids is 3. The largest absolute Gasteiger partial charge is 0.452 e. The number of rotatable bonds is 5. The third kappa shape index (κ3) is 4.95. The fourth-order valence-corrected chi connectivity index (χ4v) is 3.35. The lowest BCUT2D eigenvalue weighted by atomic mass is 9.94. The van der Waals surface area contributed by atoms with Crippen LogP contribution in [0.3, 0.4) is 0 Å². The number of ether oxygens (including phenoxy) is 1. The molecule has 170 valence electrons. The molecule has 0 aliphatic carbocycles. The minimum atomic E-state index is -4.64. The fraction of sp³-hybridized carbons (Fsp3) is 0.182. The normalized spacial score (nSPS) is 16.2. The van der Waals surface area contributed by atoms with Gasteiger partial charge in [-0.1, -0.05) is 18.2 Å². The zero-order valence-electron chi connectivity index (χ0n) is 17.1. The molecule has 0 radical (unpaired) electrons. The van der Waals surface area contributed by atoms with Gasteiger partial charge in [0.1, 0.15) is 0 Å². The van der Waals surface area contributed by atoms with E-state index >= 15 is 0 Å². The van der Waals surface area contributed by atoms with Crippen molar-refractivity contribution in [2.75, 3.05) is 11.5 Å². The van der Waals surface area contributed by atoms with Gasteiger partial charge in [-0.15, -0.1) is 0 Å². The minimum absolute atomic E-state index is 0.00176. The molecule has 0 saturated carbocycles. The number of allylic oxidation sites excluding steroid dienone is 1. The van der Waals surface area contributed by atoms with Crippen molar-refractivity contribution >= 4 is 23.6 Å². The van der Waals surface area contributed by atoms with Crippen molar-refractivity contribution in [3.8, 4) is 6.07 Å². The molecule has 8 nitrogen and oxygen atoms in total. The molecule has 0 aromatic heterocycles. The molecule has 0 saturated heterocycles. The smallest absolute Gasteiger partial charge is 0.416 e. The third-order valence-corrected chi connectivity index (χ3v) is 4.86. The Labute approximate surface area is 186 Å². The van der Waals surface area contributed by atoms with Gasteiger partial charge in [-0.2, -0.15) is 18.4 Å². The van der Waals surface area contributed by atoms with Crippen molar-refractivity contribution in [1.29, 1.82) is 5.26 Å². The quantitative estimate of drug-likeness (QED) is 0.666. The van der Waals surface area contributed by atoms with Gasteiger partial charge in [-0.25, -0.2) is 9.59 Å². The topological polar surface area (TPSA) is 126 Å². The van der Waals surface area contributed by atoms with Crippen LogP contribution in [0.5, 0.6) is 0 Å². The Morgan fingerprint density at radius 3 is 2.45 bits per heavy atom. The van der Waals surface area contributed by atoms with Gasteiger partial charge in [0.2, 0.25) is 0 Å². The van der Waals surface area contributed by atoms with E-state index in [9.17, 15) is 27.6 Å². The number of halogens is 3. The SMILES string of the molecule is CC1=C(C(=O)OCC(N)=O)C(c2ccc(C#N)cc2)NC(=O)N1c1cccc(C(F)(F)F)c1. The van der Waals surface area contributed by atoms with Crippen molar-refractivity contribution < 1.29 is 32.3 Å². The highest BCUT2D eigenvalue weighted by Crippen LogP contribution is 2.37. The van der Waals surface area contributed by atoms with Crippen LogP contribution in [0, 0.1) is 11.3 Å². The predicted octanol–water partition coefficient (Wildman–Crippen LogP) is 3.15. The molecule has 3 N–H and O–H groups in total. The molecule has 11 heteroatoms. The molecule has 1 heterocycles. The summed E-state index contributed by atoms with van der Waals surface area (Å²) >= 11 is 0. The Morgan fingerprint density at radius 2 is 1.88 bits per heavy atom. The van der Waals surface area contributed by atoms with E-state index < -0.39 is 42.3 Å². The van der Waals surface area contributed by atoms with E-state index in [0.717, 1.165) is 23.1 Å². The lowest BCUT2D eigenvalue weighted by molar-refractivity contribution is -0.144. The van der Waals surface area contributed by atoms with E-state index in [1.54, 1.807) is 0 Å². The summed E-state index contributed by atoms with van der Waals surface area (Å²) in [6.07, 6.45) is -4.64. The number of primary amides is 1. The maximum Gasteiger partial charge on any atom is 0.416 e. The average molecular weight is 458 g/mol. The van der Waals surface area contributed by atoms with Gasteiger partial charge in [-0.05, 0) is 42.8 Å². The van der Waals surface area contributed by atoms with Crippen LogP contribution in [0.15, 0.2) is 59.8 Å². The standard InChI is InChI=1S/C22H17F3N4O4/c1-12-18(20(31)33-11-17(27)30)19(14-7-5-13(10-26)6-8-14)28-21(32)29(12)16-4-2-3-15(9-16)22(23,24)25/h2-9,19H,11H2,1H3,(H2,27,30)(H,28,32). The number of carbonyl (C=O) groups is 3. The molecule has 3 amide bonds. The first-order valence-corrected chi connectivity index (χ1v) is 9.47. The minimum Gasteiger partial charge on any atom is -0.452 e. The number of amides is 3. The lowest BCUT2D eigenvalue weighted by Crippen LogP contribution is -2.48. The number of alkyl halides is 3. The summed E-state index contributed by atoms with van der Waals surface area (Å²) in [5.74, 6) is -1.90. The molecule has 0 bridgehead atoms. The van der Waals surface area contributed by atoms with Crippen LogP contribution in [0.4, 0.5) is 23.7 Å². The summed E-state index contributed by atoms with van der Waals surface area (Å²) in [5.41, 5.74) is 4.57. The van der Waals surface area contributed by atoms with Crippen molar-refractivity contribution in [3.63, 3.8) is 0 Å². The second kappa shape index (κ2) is 9.04. The van der Waals surface area contributed by atoms with Crippen molar-refractivity contribution in [3.05, 3.63) is 76.5 Å². The number of benzene rings is 2. The van der Waals surface area contributed by atoms with Gasteiger partial charge < -0.3 is 15.8 Å². The summed E-state index contributed by atoms with van der Waals surface area (Å²) < 4.78 is 44.5. The van der Waals surface area contributed by atoms with E-state index in [1.165, 1.54) is 37.3 Å². The highest BCUT2D eigenvalue weighted by molar-refractivity contribution is 6.03. The Bertz CT molecular complexity index is 1180. The zero-order valence-corrected chi connectivity index (χ0v) is 17.1. The maximum absolute atomic E-state index is 13.2. The first-order chi connectivity index (χ1) is 15.5. The highest BCUT2D eigenvalue weighted by Gasteiger charge is 2.38. The Morgan fingerprint density at radius 1 is 1.21 bits per heavy atom. The summed E-state index contributed by atoms with van der Waals surface area (Å²) in [5, 5.41) is 11.6. The second-order valence-corrected chi connectivity index (χ2v) is 7.04. The van der Waals surface area contributed by atoms with Crippen LogP contribution in [0.1, 0.15) is 29.7 Å². The van der Waals surface area contributed by atoms with Crippen molar-refractivity contribution in [2.24, 2.45) is 5.73 Å². The van der Waals surface area contributed by atoms with Crippen LogP contribution in [-0.2, 0) is 20.5 Å². The molecule has 0 spiro atoms. The first kappa shape index (κ1) is 23.3. The monoisotopic (exact) mass is 458 g/mol. The Hall–Kier alpha value is -4.33. The van der Waals surface area contributed by atoms with Crippen LogP contribution < -0.4 is 16.0 Å². The number of nitrogens with two attached hydrogens (primary N) is 1. The molecule has 1 atom stereocenters. The molecular weight excluding hydrogens is 441 g/mol.